The Hall–Kier alpha value is -3.87. The monoisotopic (exact) mass is 475 g/mol. The van der Waals surface area contributed by atoms with Crippen molar-refractivity contribution in [3.63, 3.8) is 0 Å². The average Bonchev–Trinajstić information content (AvgIpc) is 3.23. The fourth-order valence-corrected chi connectivity index (χ4v) is 4.04. The van der Waals surface area contributed by atoms with Crippen LogP contribution in [0.1, 0.15) is 35.4 Å². The van der Waals surface area contributed by atoms with Gasteiger partial charge in [-0.25, -0.2) is 9.37 Å². The molecule has 0 fully saturated rings. The molecule has 182 valence electrons. The van der Waals surface area contributed by atoms with Gasteiger partial charge in [0.25, 0.3) is 5.91 Å². The van der Waals surface area contributed by atoms with Crippen molar-refractivity contribution in [1.29, 1.82) is 0 Å². The zero-order chi connectivity index (χ0) is 24.5. The van der Waals surface area contributed by atoms with Crippen molar-refractivity contribution in [2.45, 2.75) is 32.2 Å². The summed E-state index contributed by atoms with van der Waals surface area (Å²) < 4.78 is 27.2. The van der Waals surface area contributed by atoms with Crippen LogP contribution in [0.25, 0.3) is 11.0 Å². The second-order valence-electron chi connectivity index (χ2n) is 8.24. The van der Waals surface area contributed by atoms with Crippen molar-refractivity contribution >= 4 is 16.9 Å². The predicted molar refractivity (Wildman–Crippen MR) is 135 cm³/mol. The molecule has 6 nitrogen and oxygen atoms in total. The molecule has 0 aliphatic rings. The third-order valence-corrected chi connectivity index (χ3v) is 5.84. The number of amides is 1. The number of nitrogens with one attached hydrogen (secondary N) is 1. The molecule has 0 radical (unpaired) electrons. The van der Waals surface area contributed by atoms with Gasteiger partial charge in [0.05, 0.1) is 30.3 Å². The van der Waals surface area contributed by atoms with Crippen LogP contribution in [-0.4, -0.2) is 35.7 Å². The highest BCUT2D eigenvalue weighted by Crippen LogP contribution is 2.21. The van der Waals surface area contributed by atoms with Crippen molar-refractivity contribution in [3.8, 4) is 11.5 Å². The number of para-hydroxylation sites is 2. The molecular weight excluding hydrogens is 445 g/mol. The van der Waals surface area contributed by atoms with E-state index in [2.05, 4.69) is 16.0 Å². The molecule has 0 atom stereocenters. The van der Waals surface area contributed by atoms with Gasteiger partial charge >= 0.3 is 0 Å². The molecule has 0 bridgehead atoms. The number of halogens is 1. The standard InChI is InChI=1S/C28H30FN3O3/c1-34-21-10-9-11-22(20-21)35-19-18-32-26-15-7-6-14-25(26)31-27(32)16-3-2-8-17-30-28(33)23-12-4-5-13-24(23)29/h4-7,9-15,20H,2-3,8,16-19H2,1H3,(H,30,33). The van der Waals surface area contributed by atoms with Crippen molar-refractivity contribution in [2.24, 2.45) is 0 Å². The SMILES string of the molecule is COc1cccc(OCCn2c(CCCCCNC(=O)c3ccccc3F)nc3ccccc32)c1. The van der Waals surface area contributed by atoms with E-state index in [9.17, 15) is 9.18 Å². The van der Waals surface area contributed by atoms with Gasteiger partial charge in [-0.3, -0.25) is 4.79 Å². The lowest BCUT2D eigenvalue weighted by molar-refractivity contribution is 0.0949. The van der Waals surface area contributed by atoms with E-state index in [0.29, 0.717) is 19.7 Å². The maximum Gasteiger partial charge on any atom is 0.254 e. The second kappa shape index (κ2) is 12.0. The van der Waals surface area contributed by atoms with Crippen LogP contribution in [-0.2, 0) is 13.0 Å². The molecule has 1 aromatic heterocycles. The number of rotatable bonds is 12. The lowest BCUT2D eigenvalue weighted by Crippen LogP contribution is -2.25. The number of nitrogens with zero attached hydrogens (tertiary/aromatic N) is 2. The summed E-state index contributed by atoms with van der Waals surface area (Å²) in [5, 5.41) is 2.80. The summed E-state index contributed by atoms with van der Waals surface area (Å²) in [6.07, 6.45) is 3.52. The largest absolute Gasteiger partial charge is 0.497 e. The van der Waals surface area contributed by atoms with E-state index in [4.69, 9.17) is 14.5 Å². The van der Waals surface area contributed by atoms with Gasteiger partial charge in [0.2, 0.25) is 0 Å². The molecule has 35 heavy (non-hydrogen) atoms. The predicted octanol–water partition coefficient (Wildman–Crippen LogP) is 5.41. The molecule has 1 N–H and O–H groups in total. The number of unbranched alkanes of at least 4 members (excludes halogenated alkanes) is 2. The molecule has 1 amide bonds. The lowest BCUT2D eigenvalue weighted by Gasteiger charge is -2.12. The Bertz CT molecular complexity index is 1270. The van der Waals surface area contributed by atoms with Gasteiger partial charge in [-0.15, -0.1) is 0 Å². The van der Waals surface area contributed by atoms with Gasteiger partial charge in [0.15, 0.2) is 0 Å². The minimum absolute atomic E-state index is 0.0809. The number of hydrogen-bond acceptors (Lipinski definition) is 4. The first-order valence-corrected chi connectivity index (χ1v) is 11.9. The number of methoxy groups -OCH3 is 1. The maximum atomic E-state index is 13.7. The Morgan fingerprint density at radius 1 is 0.971 bits per heavy atom. The summed E-state index contributed by atoms with van der Waals surface area (Å²) in [4.78, 5) is 17.0. The van der Waals surface area contributed by atoms with Gasteiger partial charge < -0.3 is 19.4 Å². The van der Waals surface area contributed by atoms with Crippen molar-refractivity contribution in [2.75, 3.05) is 20.3 Å². The Balaban J connectivity index is 1.28. The Kier molecular flexibility index (Phi) is 8.33. The molecule has 0 saturated heterocycles. The molecule has 4 rings (SSSR count). The number of carbonyl (C=O) groups excluding carboxylic acids is 1. The average molecular weight is 476 g/mol. The number of aromatic nitrogens is 2. The summed E-state index contributed by atoms with van der Waals surface area (Å²) in [7, 11) is 1.64. The van der Waals surface area contributed by atoms with Gasteiger partial charge in [-0.2, -0.15) is 0 Å². The molecule has 4 aromatic rings. The number of imidazole rings is 1. The molecule has 1 heterocycles. The fourth-order valence-electron chi connectivity index (χ4n) is 4.04. The van der Waals surface area contributed by atoms with E-state index >= 15 is 0 Å². The quantitative estimate of drug-likeness (QED) is 0.279. The van der Waals surface area contributed by atoms with Crippen LogP contribution in [0, 0.1) is 5.82 Å². The van der Waals surface area contributed by atoms with E-state index in [-0.39, 0.29) is 11.5 Å². The fraction of sp³-hybridized carbons (Fsp3) is 0.286. The van der Waals surface area contributed by atoms with E-state index in [1.807, 2.05) is 42.5 Å². The number of hydrogen-bond donors (Lipinski definition) is 1. The van der Waals surface area contributed by atoms with Crippen LogP contribution >= 0.6 is 0 Å². The zero-order valence-corrected chi connectivity index (χ0v) is 19.9. The third-order valence-electron chi connectivity index (χ3n) is 5.84. The Morgan fingerprint density at radius 3 is 2.63 bits per heavy atom. The van der Waals surface area contributed by atoms with Crippen molar-refractivity contribution in [3.05, 3.63) is 90.0 Å². The number of benzene rings is 3. The summed E-state index contributed by atoms with van der Waals surface area (Å²) in [5.74, 6) is 1.69. The molecule has 0 spiro atoms. The summed E-state index contributed by atoms with van der Waals surface area (Å²) >= 11 is 0. The molecule has 7 heteroatoms. The smallest absolute Gasteiger partial charge is 0.254 e. The summed E-state index contributed by atoms with van der Waals surface area (Å²) in [6, 6.07) is 21.7. The topological polar surface area (TPSA) is 65.4 Å². The van der Waals surface area contributed by atoms with Crippen molar-refractivity contribution in [1.82, 2.24) is 14.9 Å². The molecule has 0 aliphatic carbocycles. The Labute approximate surface area is 204 Å². The van der Waals surface area contributed by atoms with Crippen LogP contribution in [0.5, 0.6) is 11.5 Å². The van der Waals surface area contributed by atoms with Gasteiger partial charge in [0, 0.05) is 19.0 Å². The maximum absolute atomic E-state index is 13.7. The van der Waals surface area contributed by atoms with Crippen LogP contribution < -0.4 is 14.8 Å². The first-order chi connectivity index (χ1) is 17.2. The first-order valence-electron chi connectivity index (χ1n) is 11.9. The van der Waals surface area contributed by atoms with Crippen LogP contribution in [0.2, 0.25) is 0 Å². The minimum Gasteiger partial charge on any atom is -0.497 e. The number of aryl methyl sites for hydroxylation is 1. The number of fused-ring (bicyclic) bond motifs is 1. The molecule has 3 aromatic carbocycles. The van der Waals surface area contributed by atoms with Crippen LogP contribution in [0.15, 0.2) is 72.8 Å². The first kappa shape index (κ1) is 24.3. The zero-order valence-electron chi connectivity index (χ0n) is 19.9. The van der Waals surface area contributed by atoms with Crippen LogP contribution in [0.3, 0.4) is 0 Å². The van der Waals surface area contributed by atoms with E-state index in [1.54, 1.807) is 19.2 Å². The van der Waals surface area contributed by atoms with E-state index in [0.717, 1.165) is 54.0 Å². The van der Waals surface area contributed by atoms with E-state index in [1.165, 1.54) is 12.1 Å². The molecule has 0 saturated carbocycles. The van der Waals surface area contributed by atoms with Gasteiger partial charge in [0.1, 0.15) is 29.7 Å². The third kappa shape index (κ3) is 6.38. The van der Waals surface area contributed by atoms with E-state index < -0.39 is 5.82 Å². The molecule has 0 unspecified atom stereocenters. The Morgan fingerprint density at radius 2 is 1.77 bits per heavy atom. The highest BCUT2D eigenvalue weighted by atomic mass is 19.1. The summed E-state index contributed by atoms with van der Waals surface area (Å²) in [5.41, 5.74) is 2.15. The minimum atomic E-state index is -0.501. The number of carbonyl (C=O) groups is 1. The van der Waals surface area contributed by atoms with Gasteiger partial charge in [-0.1, -0.05) is 36.8 Å². The normalized spacial score (nSPS) is 10.9. The highest BCUT2D eigenvalue weighted by Gasteiger charge is 2.12. The lowest BCUT2D eigenvalue weighted by atomic mass is 10.1. The second-order valence-corrected chi connectivity index (χ2v) is 8.24. The highest BCUT2D eigenvalue weighted by molar-refractivity contribution is 5.94. The molecule has 0 aliphatic heterocycles. The summed E-state index contributed by atoms with van der Waals surface area (Å²) in [6.45, 7) is 1.71. The molecular formula is C28H30FN3O3. The van der Waals surface area contributed by atoms with Crippen LogP contribution in [0.4, 0.5) is 4.39 Å². The van der Waals surface area contributed by atoms with Crippen molar-refractivity contribution < 1.29 is 18.7 Å². The number of ether oxygens (including phenoxy) is 2. The van der Waals surface area contributed by atoms with Gasteiger partial charge in [-0.05, 0) is 49.2 Å².